The van der Waals surface area contributed by atoms with E-state index in [4.69, 9.17) is 19.0 Å². The molecule has 0 radical (unpaired) electrons. The van der Waals surface area contributed by atoms with Crippen LogP contribution in [-0.2, 0) is 14.6 Å². The summed E-state index contributed by atoms with van der Waals surface area (Å²) >= 11 is 0. The molecule has 0 unspecified atom stereocenters. The van der Waals surface area contributed by atoms with Crippen LogP contribution in [0, 0.1) is 0 Å². The third-order valence-electron chi connectivity index (χ3n) is 1.99. The van der Waals surface area contributed by atoms with E-state index in [2.05, 4.69) is 4.74 Å². The average Bonchev–Trinajstić information content (AvgIpc) is 3.14. The zero-order valence-corrected chi connectivity index (χ0v) is 11.5. The fraction of sp³-hybridized carbons (Fsp3) is 0.333. The molecule has 0 atom stereocenters. The molecule has 0 fully saturated rings. The van der Waals surface area contributed by atoms with Crippen LogP contribution in [-0.4, -0.2) is 45.1 Å². The van der Waals surface area contributed by atoms with Gasteiger partial charge in [0.2, 0.25) is 10.2 Å². The number of sulfone groups is 1. The zero-order chi connectivity index (χ0) is 14.8. The number of aliphatic hydroxyl groups is 2. The highest BCUT2D eigenvalue weighted by atomic mass is 32.2. The molecular weight excluding hydrogens is 288 g/mol. The number of aliphatic hydroxyl groups excluding tert-OH is 2. The lowest BCUT2D eigenvalue weighted by Crippen LogP contribution is -2.03. The molecule has 0 bridgehead atoms. The van der Waals surface area contributed by atoms with E-state index in [1.165, 1.54) is 36.8 Å². The summed E-state index contributed by atoms with van der Waals surface area (Å²) in [6.07, 6.45) is 2.60. The molecule has 20 heavy (non-hydrogen) atoms. The summed E-state index contributed by atoms with van der Waals surface area (Å²) < 4.78 is 37.3. The van der Waals surface area contributed by atoms with Crippen LogP contribution in [0.2, 0.25) is 0 Å². The molecular formula is C12H16O7S. The molecule has 112 valence electrons. The summed E-state index contributed by atoms with van der Waals surface area (Å²) in [7, 11) is -3.59. The Morgan fingerprint density at radius 3 is 1.70 bits per heavy atom. The minimum atomic E-state index is -3.59. The second-order valence-corrected chi connectivity index (χ2v) is 5.24. The Balaban J connectivity index is 0.000000246. The first-order valence-electron chi connectivity index (χ1n) is 5.74. The summed E-state index contributed by atoms with van der Waals surface area (Å²) in [4.78, 5) is 0. The van der Waals surface area contributed by atoms with Crippen LogP contribution in [0.15, 0.2) is 55.8 Å². The van der Waals surface area contributed by atoms with Crippen molar-refractivity contribution in [2.45, 2.75) is 10.2 Å². The molecule has 0 spiro atoms. The lowest BCUT2D eigenvalue weighted by molar-refractivity contribution is 0.0650. The quantitative estimate of drug-likeness (QED) is 0.755. The Morgan fingerprint density at radius 1 is 0.950 bits per heavy atom. The molecule has 0 aromatic carbocycles. The van der Waals surface area contributed by atoms with Crippen molar-refractivity contribution in [3.05, 3.63) is 36.8 Å². The second kappa shape index (κ2) is 8.54. The number of ether oxygens (including phenoxy) is 1. The monoisotopic (exact) mass is 304 g/mol. The van der Waals surface area contributed by atoms with Crippen molar-refractivity contribution in [1.82, 2.24) is 0 Å². The van der Waals surface area contributed by atoms with Crippen LogP contribution < -0.4 is 0 Å². The molecule has 2 rings (SSSR count). The van der Waals surface area contributed by atoms with Gasteiger partial charge in [-0.1, -0.05) is 0 Å². The highest BCUT2D eigenvalue weighted by Gasteiger charge is 2.22. The van der Waals surface area contributed by atoms with Gasteiger partial charge in [0.15, 0.2) is 0 Å². The van der Waals surface area contributed by atoms with Crippen molar-refractivity contribution in [2.24, 2.45) is 0 Å². The minimum absolute atomic E-state index is 0.0278. The van der Waals surface area contributed by atoms with Crippen LogP contribution in [0.4, 0.5) is 0 Å². The normalized spacial score (nSPS) is 10.9. The molecule has 7 nitrogen and oxygen atoms in total. The van der Waals surface area contributed by atoms with Crippen molar-refractivity contribution in [3.8, 4) is 0 Å². The first-order valence-corrected chi connectivity index (χ1v) is 7.22. The Kier molecular flexibility index (Phi) is 7.02. The maximum atomic E-state index is 11.6. The summed E-state index contributed by atoms with van der Waals surface area (Å²) in [6.45, 7) is 0.696. The predicted molar refractivity (Wildman–Crippen MR) is 67.9 cm³/mol. The molecule has 8 heteroatoms. The van der Waals surface area contributed by atoms with Gasteiger partial charge in [-0.15, -0.1) is 0 Å². The highest BCUT2D eigenvalue weighted by molar-refractivity contribution is 7.91. The third-order valence-corrected chi connectivity index (χ3v) is 3.52. The van der Waals surface area contributed by atoms with Gasteiger partial charge in [0.25, 0.3) is 9.84 Å². The van der Waals surface area contributed by atoms with Crippen molar-refractivity contribution in [3.63, 3.8) is 0 Å². The Hall–Kier alpha value is -1.61. The molecule has 0 aliphatic carbocycles. The largest absolute Gasteiger partial charge is 0.452 e. The van der Waals surface area contributed by atoms with Crippen LogP contribution in [0.5, 0.6) is 0 Å². The molecule has 0 aliphatic heterocycles. The Bertz CT molecular complexity index is 498. The van der Waals surface area contributed by atoms with E-state index in [0.29, 0.717) is 13.2 Å². The molecule has 0 aliphatic rings. The van der Waals surface area contributed by atoms with Crippen LogP contribution in [0.3, 0.4) is 0 Å². The smallest absolute Gasteiger partial charge is 0.272 e. The summed E-state index contributed by atoms with van der Waals surface area (Å²) in [6, 6.07) is 5.77. The van der Waals surface area contributed by atoms with Gasteiger partial charge in [0, 0.05) is 0 Å². The fourth-order valence-electron chi connectivity index (χ4n) is 1.16. The fourth-order valence-corrected chi connectivity index (χ4v) is 2.24. The van der Waals surface area contributed by atoms with Gasteiger partial charge in [-0.25, -0.2) is 8.42 Å². The third kappa shape index (κ3) is 4.82. The molecule has 2 N–H and O–H groups in total. The molecule has 0 saturated carbocycles. The molecule has 2 heterocycles. The van der Waals surface area contributed by atoms with Crippen molar-refractivity contribution in [1.29, 1.82) is 0 Å². The van der Waals surface area contributed by atoms with E-state index in [9.17, 15) is 8.42 Å². The lowest BCUT2D eigenvalue weighted by Gasteiger charge is -1.94. The van der Waals surface area contributed by atoms with E-state index in [0.717, 1.165) is 0 Å². The zero-order valence-electron chi connectivity index (χ0n) is 10.6. The maximum Gasteiger partial charge on any atom is 0.272 e. The number of hydrogen-bond acceptors (Lipinski definition) is 7. The molecule has 2 aromatic rings. The molecule has 0 amide bonds. The van der Waals surface area contributed by atoms with E-state index in [-0.39, 0.29) is 23.4 Å². The summed E-state index contributed by atoms with van der Waals surface area (Å²) in [5.74, 6) is 0. The Labute approximate surface area is 116 Å². The van der Waals surface area contributed by atoms with E-state index in [1.54, 1.807) is 0 Å². The van der Waals surface area contributed by atoms with E-state index < -0.39 is 9.84 Å². The summed E-state index contributed by atoms with van der Waals surface area (Å²) in [5, 5.41) is 16.0. The van der Waals surface area contributed by atoms with Crippen molar-refractivity contribution >= 4 is 9.84 Å². The SMILES string of the molecule is O=S(=O)(c1ccco1)c1ccco1.OCCOCCO. The maximum absolute atomic E-state index is 11.6. The van der Waals surface area contributed by atoms with Crippen LogP contribution in [0.1, 0.15) is 0 Å². The average molecular weight is 304 g/mol. The van der Waals surface area contributed by atoms with Gasteiger partial charge >= 0.3 is 0 Å². The molecule has 0 saturated heterocycles. The predicted octanol–water partition coefficient (Wildman–Crippen LogP) is 0.693. The topological polar surface area (TPSA) is 110 Å². The molecule has 2 aromatic heterocycles. The van der Waals surface area contributed by atoms with Gasteiger partial charge in [0.1, 0.15) is 0 Å². The van der Waals surface area contributed by atoms with Crippen molar-refractivity contribution in [2.75, 3.05) is 26.4 Å². The van der Waals surface area contributed by atoms with Gasteiger partial charge in [-0.2, -0.15) is 0 Å². The Morgan fingerprint density at radius 2 is 1.40 bits per heavy atom. The number of rotatable bonds is 6. The van der Waals surface area contributed by atoms with Crippen LogP contribution >= 0.6 is 0 Å². The first kappa shape index (κ1) is 16.4. The van der Waals surface area contributed by atoms with Gasteiger partial charge in [-0.05, 0) is 24.3 Å². The number of furan rings is 2. The van der Waals surface area contributed by atoms with E-state index >= 15 is 0 Å². The standard InChI is InChI=1S/C8H6O4S.C4H10O3/c9-13(10,7-3-1-5-11-7)8-4-2-6-12-8;5-1-3-7-4-2-6/h1-6H;5-6H,1-4H2. The minimum Gasteiger partial charge on any atom is -0.452 e. The van der Waals surface area contributed by atoms with Crippen LogP contribution in [0.25, 0.3) is 0 Å². The summed E-state index contributed by atoms with van der Waals surface area (Å²) in [5.41, 5.74) is 0. The number of hydrogen-bond donors (Lipinski definition) is 2. The second-order valence-electron chi connectivity index (χ2n) is 3.43. The van der Waals surface area contributed by atoms with Gasteiger partial charge in [-0.3, -0.25) is 0 Å². The highest BCUT2D eigenvalue weighted by Crippen LogP contribution is 2.20. The van der Waals surface area contributed by atoms with E-state index in [1.807, 2.05) is 0 Å². The van der Waals surface area contributed by atoms with Gasteiger partial charge < -0.3 is 23.8 Å². The lowest BCUT2D eigenvalue weighted by atomic mass is 10.7. The van der Waals surface area contributed by atoms with Crippen molar-refractivity contribution < 1.29 is 32.2 Å². The van der Waals surface area contributed by atoms with Gasteiger partial charge in [0.05, 0.1) is 39.0 Å². The first-order chi connectivity index (χ1) is 9.62.